The van der Waals surface area contributed by atoms with Crippen molar-refractivity contribution in [1.82, 2.24) is 4.90 Å². The fourth-order valence-electron chi connectivity index (χ4n) is 1.89. The Labute approximate surface area is 113 Å². The van der Waals surface area contributed by atoms with Crippen molar-refractivity contribution in [3.63, 3.8) is 0 Å². The summed E-state index contributed by atoms with van der Waals surface area (Å²) in [4.78, 5) is 13.9. The van der Waals surface area contributed by atoms with Crippen LogP contribution in [0, 0.1) is 23.1 Å². The third-order valence-corrected chi connectivity index (χ3v) is 2.92. The quantitative estimate of drug-likeness (QED) is 0.710. The van der Waals surface area contributed by atoms with E-state index in [1.165, 1.54) is 24.3 Å². The number of benzene rings is 1. The van der Waals surface area contributed by atoms with Gasteiger partial charge in [0.2, 0.25) is 0 Å². The van der Waals surface area contributed by atoms with Crippen molar-refractivity contribution in [3.8, 4) is 6.07 Å². The Hall–Kier alpha value is -1.73. The van der Waals surface area contributed by atoms with Crippen molar-refractivity contribution in [2.24, 2.45) is 5.92 Å². The zero-order valence-electron chi connectivity index (χ0n) is 11.4. The first-order valence-corrected chi connectivity index (χ1v) is 6.40. The van der Waals surface area contributed by atoms with Crippen LogP contribution in [0.2, 0.25) is 0 Å². The van der Waals surface area contributed by atoms with Crippen LogP contribution in [0.15, 0.2) is 24.3 Å². The second-order valence-corrected chi connectivity index (χ2v) is 4.83. The van der Waals surface area contributed by atoms with Gasteiger partial charge >= 0.3 is 0 Å². The Bertz CT molecular complexity index is 450. The van der Waals surface area contributed by atoms with Gasteiger partial charge in [-0.2, -0.15) is 5.26 Å². The Balaban J connectivity index is 2.31. The number of rotatable bonds is 7. The van der Waals surface area contributed by atoms with Gasteiger partial charge in [0.25, 0.3) is 0 Å². The summed E-state index contributed by atoms with van der Waals surface area (Å²) in [6.07, 6.45) is 1.18. The van der Waals surface area contributed by atoms with Crippen molar-refractivity contribution in [3.05, 3.63) is 35.6 Å². The smallest absolute Gasteiger partial charge is 0.162 e. The highest BCUT2D eigenvalue weighted by molar-refractivity contribution is 5.95. The lowest BCUT2D eigenvalue weighted by Gasteiger charge is -2.17. The van der Waals surface area contributed by atoms with E-state index in [-0.39, 0.29) is 17.5 Å². The van der Waals surface area contributed by atoms with Gasteiger partial charge in [0.05, 0.1) is 12.0 Å². The number of ketones is 1. The number of hydrogen-bond donors (Lipinski definition) is 0. The minimum atomic E-state index is -0.332. The van der Waals surface area contributed by atoms with Crippen molar-refractivity contribution >= 4 is 5.78 Å². The molecule has 0 heterocycles. The molecule has 4 heteroatoms. The van der Waals surface area contributed by atoms with Crippen LogP contribution >= 0.6 is 0 Å². The topological polar surface area (TPSA) is 44.1 Å². The first-order valence-electron chi connectivity index (χ1n) is 6.40. The van der Waals surface area contributed by atoms with E-state index in [0.717, 1.165) is 13.0 Å². The maximum absolute atomic E-state index is 12.7. The molecule has 3 nitrogen and oxygen atoms in total. The van der Waals surface area contributed by atoms with Gasteiger partial charge in [-0.3, -0.25) is 4.79 Å². The fraction of sp³-hybridized carbons (Fsp3) is 0.467. The number of carbonyl (C=O) groups excluding carboxylic acids is 1. The molecule has 1 rings (SSSR count). The van der Waals surface area contributed by atoms with Crippen LogP contribution in [0.4, 0.5) is 4.39 Å². The highest BCUT2D eigenvalue weighted by atomic mass is 19.1. The van der Waals surface area contributed by atoms with Crippen LogP contribution in [0.5, 0.6) is 0 Å². The summed E-state index contributed by atoms with van der Waals surface area (Å²) in [6.45, 7) is 3.36. The summed E-state index contributed by atoms with van der Waals surface area (Å²) in [5.74, 6) is -0.304. The van der Waals surface area contributed by atoms with Crippen LogP contribution in [0.1, 0.15) is 30.1 Å². The van der Waals surface area contributed by atoms with Gasteiger partial charge in [-0.25, -0.2) is 4.39 Å². The molecule has 19 heavy (non-hydrogen) atoms. The van der Waals surface area contributed by atoms with Crippen LogP contribution in [-0.4, -0.2) is 30.8 Å². The number of halogens is 1. The van der Waals surface area contributed by atoms with Gasteiger partial charge in [-0.15, -0.1) is 0 Å². The van der Waals surface area contributed by atoms with Crippen molar-refractivity contribution in [1.29, 1.82) is 5.26 Å². The molecular formula is C15H19FN2O. The first kappa shape index (κ1) is 15.3. The van der Waals surface area contributed by atoms with Crippen LogP contribution in [0.3, 0.4) is 0 Å². The van der Waals surface area contributed by atoms with Gasteiger partial charge in [0, 0.05) is 18.5 Å². The summed E-state index contributed by atoms with van der Waals surface area (Å²) >= 11 is 0. The average Bonchev–Trinajstić information content (AvgIpc) is 2.39. The Morgan fingerprint density at radius 2 is 2.05 bits per heavy atom. The van der Waals surface area contributed by atoms with Gasteiger partial charge in [-0.1, -0.05) is 0 Å². The summed E-state index contributed by atoms with van der Waals surface area (Å²) < 4.78 is 12.7. The number of nitriles is 1. The molecule has 0 aliphatic carbocycles. The maximum Gasteiger partial charge on any atom is 0.162 e. The third kappa shape index (κ3) is 5.62. The first-order chi connectivity index (χ1) is 9.02. The van der Waals surface area contributed by atoms with Crippen molar-refractivity contribution < 1.29 is 9.18 Å². The molecule has 0 radical (unpaired) electrons. The van der Waals surface area contributed by atoms with E-state index in [1.54, 1.807) is 0 Å². The van der Waals surface area contributed by atoms with Gasteiger partial charge in [0.1, 0.15) is 5.82 Å². The number of carbonyl (C=O) groups is 1. The molecule has 0 saturated carbocycles. The standard InChI is InChI=1S/C15H19FN2O/c1-12(10-17)11-18(2)9-3-4-15(19)13-5-7-14(16)8-6-13/h5-8,12H,3-4,9,11H2,1-2H3. The van der Waals surface area contributed by atoms with Gasteiger partial charge in [0.15, 0.2) is 5.78 Å². The largest absolute Gasteiger partial charge is 0.305 e. The zero-order valence-corrected chi connectivity index (χ0v) is 11.4. The number of nitrogens with zero attached hydrogens (tertiary/aromatic N) is 2. The van der Waals surface area contributed by atoms with E-state index in [4.69, 9.17) is 5.26 Å². The Kier molecular flexibility index (Phi) is 6.17. The van der Waals surface area contributed by atoms with Gasteiger partial charge in [-0.05, 0) is 51.2 Å². The third-order valence-electron chi connectivity index (χ3n) is 2.92. The lowest BCUT2D eigenvalue weighted by atomic mass is 10.1. The monoisotopic (exact) mass is 262 g/mol. The molecule has 0 fully saturated rings. The van der Waals surface area contributed by atoms with E-state index < -0.39 is 0 Å². The lowest BCUT2D eigenvalue weighted by Crippen LogP contribution is -2.25. The van der Waals surface area contributed by atoms with Crippen molar-refractivity contribution in [2.75, 3.05) is 20.1 Å². The summed E-state index contributed by atoms with van der Waals surface area (Å²) in [7, 11) is 1.94. The van der Waals surface area contributed by atoms with E-state index in [9.17, 15) is 9.18 Å². The molecular weight excluding hydrogens is 243 g/mol. The van der Waals surface area contributed by atoms with E-state index in [1.807, 2.05) is 18.9 Å². The van der Waals surface area contributed by atoms with Gasteiger partial charge < -0.3 is 4.90 Å². The molecule has 1 aromatic carbocycles. The molecule has 0 bridgehead atoms. The minimum Gasteiger partial charge on any atom is -0.305 e. The van der Waals surface area contributed by atoms with Crippen LogP contribution in [0.25, 0.3) is 0 Å². The summed E-state index contributed by atoms with van der Waals surface area (Å²) in [5.41, 5.74) is 0.550. The minimum absolute atomic E-state index is 0.00204. The molecule has 102 valence electrons. The predicted molar refractivity (Wildman–Crippen MR) is 72.2 cm³/mol. The average molecular weight is 262 g/mol. The molecule has 1 atom stereocenters. The second-order valence-electron chi connectivity index (χ2n) is 4.83. The van der Waals surface area contributed by atoms with Crippen LogP contribution < -0.4 is 0 Å². The molecule has 0 aliphatic rings. The molecule has 0 amide bonds. The maximum atomic E-state index is 12.7. The normalized spacial score (nSPS) is 12.2. The highest BCUT2D eigenvalue weighted by Gasteiger charge is 2.08. The fourth-order valence-corrected chi connectivity index (χ4v) is 1.89. The number of Topliss-reactive ketones (excluding diaryl/α,β-unsaturated/α-hetero) is 1. The molecule has 0 aromatic heterocycles. The van der Waals surface area contributed by atoms with E-state index in [2.05, 4.69) is 6.07 Å². The zero-order chi connectivity index (χ0) is 14.3. The van der Waals surface area contributed by atoms with E-state index >= 15 is 0 Å². The van der Waals surface area contributed by atoms with E-state index in [0.29, 0.717) is 18.5 Å². The molecule has 0 saturated heterocycles. The molecule has 0 spiro atoms. The molecule has 1 aromatic rings. The summed E-state index contributed by atoms with van der Waals surface area (Å²) in [5, 5.41) is 8.71. The predicted octanol–water partition coefficient (Wildman–Crippen LogP) is 2.88. The van der Waals surface area contributed by atoms with Crippen LogP contribution in [-0.2, 0) is 0 Å². The second kappa shape index (κ2) is 7.65. The number of hydrogen-bond acceptors (Lipinski definition) is 3. The van der Waals surface area contributed by atoms with Crippen molar-refractivity contribution in [2.45, 2.75) is 19.8 Å². The highest BCUT2D eigenvalue weighted by Crippen LogP contribution is 2.08. The Morgan fingerprint density at radius 1 is 1.42 bits per heavy atom. The SMILES string of the molecule is CC(C#N)CN(C)CCCC(=O)c1ccc(F)cc1. The summed E-state index contributed by atoms with van der Waals surface area (Å²) in [6, 6.07) is 7.81. The molecule has 0 aliphatic heterocycles. The lowest BCUT2D eigenvalue weighted by molar-refractivity contribution is 0.0976. The molecule has 1 unspecified atom stereocenters. The Morgan fingerprint density at radius 3 is 2.63 bits per heavy atom. The molecule has 0 N–H and O–H groups in total.